The van der Waals surface area contributed by atoms with Crippen LogP contribution >= 0.6 is 0 Å². The van der Waals surface area contributed by atoms with E-state index in [0.717, 1.165) is 0 Å². The maximum atomic E-state index is 12.9. The van der Waals surface area contributed by atoms with Crippen LogP contribution in [0, 0.1) is 5.92 Å². The van der Waals surface area contributed by atoms with Crippen LogP contribution in [0.2, 0.25) is 0 Å². The van der Waals surface area contributed by atoms with E-state index < -0.39 is 42.0 Å². The molecule has 1 aliphatic heterocycles. The number of hydrogen-bond acceptors (Lipinski definition) is 5. The minimum atomic E-state index is -1.14. The number of carbonyl (C=O) groups excluding carboxylic acids is 3. The minimum Gasteiger partial charge on any atom is -0.480 e. The standard InChI is InChI=1S/C16H28N4O5/c1-8(2)12(19-13(21)9(3)17)15(23)20-7-5-6-11(20)14(22)18-10(4)16(24)25/h8-12H,5-7,17H2,1-4H3,(H,18,22)(H,19,21)(H,24,25). The van der Waals surface area contributed by atoms with Crippen LogP contribution in [0.1, 0.15) is 40.5 Å². The van der Waals surface area contributed by atoms with Gasteiger partial charge in [-0.05, 0) is 32.6 Å². The lowest BCUT2D eigenvalue weighted by Gasteiger charge is -2.31. The Morgan fingerprint density at radius 2 is 1.72 bits per heavy atom. The Morgan fingerprint density at radius 3 is 2.20 bits per heavy atom. The third-order valence-electron chi connectivity index (χ3n) is 4.21. The van der Waals surface area contributed by atoms with Crippen LogP contribution in [-0.2, 0) is 19.2 Å². The fourth-order valence-electron chi connectivity index (χ4n) is 2.65. The number of carboxylic acids is 1. The highest BCUT2D eigenvalue weighted by molar-refractivity contribution is 5.94. The summed E-state index contributed by atoms with van der Waals surface area (Å²) in [5.41, 5.74) is 5.54. The number of carboxylic acid groups (broad SMARTS) is 1. The first-order valence-corrected chi connectivity index (χ1v) is 8.45. The number of nitrogens with zero attached hydrogens (tertiary/aromatic N) is 1. The van der Waals surface area contributed by atoms with Crippen LogP contribution in [0.4, 0.5) is 0 Å². The largest absolute Gasteiger partial charge is 0.480 e. The van der Waals surface area contributed by atoms with Gasteiger partial charge in [0.05, 0.1) is 6.04 Å². The van der Waals surface area contributed by atoms with E-state index in [9.17, 15) is 19.2 Å². The number of aliphatic carboxylic acids is 1. The van der Waals surface area contributed by atoms with E-state index in [2.05, 4.69) is 10.6 Å². The average molecular weight is 356 g/mol. The summed E-state index contributed by atoms with van der Waals surface area (Å²) in [6.45, 7) is 6.86. The molecule has 1 rings (SSSR count). The second-order valence-corrected chi connectivity index (χ2v) is 6.78. The molecule has 0 aromatic heterocycles. The molecule has 0 aliphatic carbocycles. The zero-order valence-electron chi connectivity index (χ0n) is 15.1. The second kappa shape index (κ2) is 8.80. The molecule has 142 valence electrons. The quantitative estimate of drug-likeness (QED) is 0.463. The van der Waals surface area contributed by atoms with Crippen molar-refractivity contribution in [2.75, 3.05) is 6.54 Å². The van der Waals surface area contributed by atoms with E-state index >= 15 is 0 Å². The topological polar surface area (TPSA) is 142 Å². The fraction of sp³-hybridized carbons (Fsp3) is 0.750. The van der Waals surface area contributed by atoms with Crippen molar-refractivity contribution in [1.29, 1.82) is 0 Å². The summed E-state index contributed by atoms with van der Waals surface area (Å²) in [4.78, 5) is 49.3. The van der Waals surface area contributed by atoms with Crippen molar-refractivity contribution in [3.63, 3.8) is 0 Å². The first-order chi connectivity index (χ1) is 11.6. The predicted molar refractivity (Wildman–Crippen MR) is 90.4 cm³/mol. The third-order valence-corrected chi connectivity index (χ3v) is 4.21. The van der Waals surface area contributed by atoms with Gasteiger partial charge in [0.15, 0.2) is 0 Å². The minimum absolute atomic E-state index is 0.183. The summed E-state index contributed by atoms with van der Waals surface area (Å²) in [6, 6.07) is -3.31. The van der Waals surface area contributed by atoms with Gasteiger partial charge in [-0.3, -0.25) is 19.2 Å². The first-order valence-electron chi connectivity index (χ1n) is 8.45. The van der Waals surface area contributed by atoms with Gasteiger partial charge < -0.3 is 26.4 Å². The van der Waals surface area contributed by atoms with Crippen LogP contribution in [0.3, 0.4) is 0 Å². The van der Waals surface area contributed by atoms with Gasteiger partial charge in [0, 0.05) is 6.54 Å². The van der Waals surface area contributed by atoms with Crippen molar-refractivity contribution in [3.05, 3.63) is 0 Å². The summed E-state index contributed by atoms with van der Waals surface area (Å²) in [5, 5.41) is 13.9. The number of amides is 3. The van der Waals surface area contributed by atoms with Gasteiger partial charge in [-0.15, -0.1) is 0 Å². The molecule has 0 aromatic rings. The lowest BCUT2D eigenvalue weighted by atomic mass is 10.0. The predicted octanol–water partition coefficient (Wildman–Crippen LogP) is -0.945. The molecule has 4 unspecified atom stereocenters. The second-order valence-electron chi connectivity index (χ2n) is 6.78. The van der Waals surface area contributed by atoms with Crippen molar-refractivity contribution in [2.24, 2.45) is 11.7 Å². The highest BCUT2D eigenvalue weighted by atomic mass is 16.4. The molecule has 3 amide bonds. The fourth-order valence-corrected chi connectivity index (χ4v) is 2.65. The summed E-state index contributed by atoms with van der Waals surface area (Å²) in [7, 11) is 0. The van der Waals surface area contributed by atoms with Gasteiger partial charge in [0.1, 0.15) is 18.1 Å². The third kappa shape index (κ3) is 5.42. The van der Waals surface area contributed by atoms with Gasteiger partial charge in [-0.1, -0.05) is 13.8 Å². The molecule has 0 bridgehead atoms. The molecule has 25 heavy (non-hydrogen) atoms. The Balaban J connectivity index is 2.87. The molecule has 0 radical (unpaired) electrons. The Bertz CT molecular complexity index is 535. The Labute approximate surface area is 147 Å². The summed E-state index contributed by atoms with van der Waals surface area (Å²) < 4.78 is 0. The van der Waals surface area contributed by atoms with Crippen molar-refractivity contribution >= 4 is 23.7 Å². The number of carbonyl (C=O) groups is 4. The molecular weight excluding hydrogens is 328 g/mol. The van der Waals surface area contributed by atoms with E-state index in [-0.39, 0.29) is 11.8 Å². The average Bonchev–Trinajstić information content (AvgIpc) is 3.00. The van der Waals surface area contributed by atoms with Crippen molar-refractivity contribution in [2.45, 2.75) is 64.7 Å². The van der Waals surface area contributed by atoms with E-state index in [0.29, 0.717) is 19.4 Å². The number of rotatable bonds is 7. The summed E-state index contributed by atoms with van der Waals surface area (Å²) in [5.74, 6) is -2.62. The lowest BCUT2D eigenvalue weighted by molar-refractivity contribution is -0.145. The molecule has 0 aromatic carbocycles. The van der Waals surface area contributed by atoms with Gasteiger partial charge in [-0.25, -0.2) is 0 Å². The normalized spacial score (nSPS) is 20.7. The summed E-state index contributed by atoms with van der Waals surface area (Å²) >= 11 is 0. The van der Waals surface area contributed by atoms with Crippen LogP contribution in [0.5, 0.6) is 0 Å². The molecule has 9 nitrogen and oxygen atoms in total. The van der Waals surface area contributed by atoms with E-state index in [1.807, 2.05) is 0 Å². The van der Waals surface area contributed by atoms with Crippen molar-refractivity contribution in [3.8, 4) is 0 Å². The molecule has 4 atom stereocenters. The van der Waals surface area contributed by atoms with Crippen molar-refractivity contribution in [1.82, 2.24) is 15.5 Å². The molecule has 1 heterocycles. The Hall–Kier alpha value is -2.16. The number of nitrogens with one attached hydrogen (secondary N) is 2. The zero-order valence-corrected chi connectivity index (χ0v) is 15.1. The number of likely N-dealkylation sites (tertiary alicyclic amines) is 1. The van der Waals surface area contributed by atoms with Gasteiger partial charge >= 0.3 is 5.97 Å². The Kier molecular flexibility index (Phi) is 7.35. The van der Waals surface area contributed by atoms with Gasteiger partial charge in [0.25, 0.3) is 0 Å². The smallest absolute Gasteiger partial charge is 0.325 e. The molecule has 1 fully saturated rings. The maximum absolute atomic E-state index is 12.9. The van der Waals surface area contributed by atoms with E-state index in [4.69, 9.17) is 10.8 Å². The number of hydrogen-bond donors (Lipinski definition) is 4. The van der Waals surface area contributed by atoms with Crippen LogP contribution < -0.4 is 16.4 Å². The van der Waals surface area contributed by atoms with Gasteiger partial charge in [-0.2, -0.15) is 0 Å². The van der Waals surface area contributed by atoms with Crippen LogP contribution in [0.25, 0.3) is 0 Å². The maximum Gasteiger partial charge on any atom is 0.325 e. The molecule has 1 saturated heterocycles. The van der Waals surface area contributed by atoms with Crippen LogP contribution in [0.15, 0.2) is 0 Å². The monoisotopic (exact) mass is 356 g/mol. The van der Waals surface area contributed by atoms with E-state index in [1.54, 1.807) is 13.8 Å². The molecule has 1 aliphatic rings. The van der Waals surface area contributed by atoms with Gasteiger partial charge in [0.2, 0.25) is 17.7 Å². The first kappa shape index (κ1) is 20.9. The van der Waals surface area contributed by atoms with Crippen LogP contribution in [-0.4, -0.2) is 64.4 Å². The molecule has 9 heteroatoms. The van der Waals surface area contributed by atoms with Crippen molar-refractivity contribution < 1.29 is 24.3 Å². The highest BCUT2D eigenvalue weighted by Gasteiger charge is 2.39. The molecule has 0 spiro atoms. The number of nitrogens with two attached hydrogens (primary N) is 1. The molecule has 0 saturated carbocycles. The Morgan fingerprint density at radius 1 is 1.12 bits per heavy atom. The molecular formula is C16H28N4O5. The SMILES string of the molecule is CC(N)C(=O)NC(C(=O)N1CCCC1C(=O)NC(C)C(=O)O)C(C)C. The highest BCUT2D eigenvalue weighted by Crippen LogP contribution is 2.20. The summed E-state index contributed by atoms with van der Waals surface area (Å²) in [6.07, 6.45) is 1.09. The molecule has 5 N–H and O–H groups in total. The van der Waals surface area contributed by atoms with E-state index in [1.165, 1.54) is 18.7 Å². The zero-order chi connectivity index (χ0) is 19.3. The lowest BCUT2D eigenvalue weighted by Crippen LogP contribution is -2.57.